The molecule has 1 N–H and O–H groups in total. The van der Waals surface area contributed by atoms with E-state index in [0.717, 1.165) is 38.1 Å². The Bertz CT molecular complexity index is 1500. The van der Waals surface area contributed by atoms with Crippen molar-refractivity contribution in [1.29, 1.82) is 0 Å². The van der Waals surface area contributed by atoms with Crippen LogP contribution in [-0.2, 0) is 4.79 Å². The summed E-state index contributed by atoms with van der Waals surface area (Å²) < 4.78 is 0. The van der Waals surface area contributed by atoms with Crippen molar-refractivity contribution < 1.29 is 4.79 Å². The largest absolute Gasteiger partial charge is 0.373 e. The van der Waals surface area contributed by atoms with Crippen LogP contribution in [0.25, 0.3) is 16.3 Å². The van der Waals surface area contributed by atoms with Crippen molar-refractivity contribution in [2.24, 2.45) is 5.41 Å². The van der Waals surface area contributed by atoms with E-state index >= 15 is 0 Å². The molecule has 1 aliphatic carbocycles. The normalized spacial score (nSPS) is 18.7. The first-order valence-corrected chi connectivity index (χ1v) is 13.2. The summed E-state index contributed by atoms with van der Waals surface area (Å²) in [6.45, 7) is 4.42. The fourth-order valence-electron chi connectivity index (χ4n) is 5.51. The summed E-state index contributed by atoms with van der Waals surface area (Å²) in [7, 11) is 0. The van der Waals surface area contributed by atoms with Crippen LogP contribution in [0, 0.1) is 5.41 Å². The molecular weight excluding hydrogens is 470 g/mol. The van der Waals surface area contributed by atoms with Gasteiger partial charge < -0.3 is 5.32 Å². The molecule has 2 nitrogen and oxygen atoms in total. The van der Waals surface area contributed by atoms with E-state index < -0.39 is 0 Å². The molecule has 4 aromatic carbocycles. The van der Waals surface area contributed by atoms with Gasteiger partial charge in [0.05, 0.1) is 6.04 Å². The second-order valence-corrected chi connectivity index (χ2v) is 11.8. The molecule has 174 valence electrons. The Balaban J connectivity index is 1.54. The van der Waals surface area contributed by atoms with Gasteiger partial charge in [-0.25, -0.2) is 0 Å². The van der Waals surface area contributed by atoms with Gasteiger partial charge in [-0.2, -0.15) is 0 Å². The summed E-state index contributed by atoms with van der Waals surface area (Å²) in [5.74, 6) is 0.249. The maximum atomic E-state index is 13.8. The predicted octanol–water partition coefficient (Wildman–Crippen LogP) is 8.95. The molecule has 4 aromatic rings. The average Bonchev–Trinajstić information content (AvgIpc) is 2.84. The number of halogens is 1. The van der Waals surface area contributed by atoms with Crippen molar-refractivity contribution >= 4 is 51.2 Å². The third-order valence-electron chi connectivity index (χ3n) is 7.01. The van der Waals surface area contributed by atoms with Crippen LogP contribution >= 0.6 is 23.4 Å². The van der Waals surface area contributed by atoms with Gasteiger partial charge in [-0.15, -0.1) is 0 Å². The molecule has 0 amide bonds. The van der Waals surface area contributed by atoms with Crippen LogP contribution in [0.1, 0.15) is 43.9 Å². The van der Waals surface area contributed by atoms with Gasteiger partial charge in [-0.1, -0.05) is 85.7 Å². The van der Waals surface area contributed by atoms with Gasteiger partial charge >= 0.3 is 0 Å². The topological polar surface area (TPSA) is 29.1 Å². The van der Waals surface area contributed by atoms with Crippen LogP contribution in [-0.4, -0.2) is 5.78 Å². The van der Waals surface area contributed by atoms with Crippen molar-refractivity contribution in [2.45, 2.75) is 42.5 Å². The van der Waals surface area contributed by atoms with Crippen LogP contribution in [0.5, 0.6) is 0 Å². The van der Waals surface area contributed by atoms with Gasteiger partial charge in [0.15, 0.2) is 5.78 Å². The number of carbonyl (C=O) groups is 1. The maximum Gasteiger partial charge on any atom is 0.162 e. The first kappa shape index (κ1) is 22.5. The number of anilines is 1. The Morgan fingerprint density at radius 1 is 0.886 bits per heavy atom. The summed E-state index contributed by atoms with van der Waals surface area (Å²) in [6, 6.07) is 29.0. The number of hydrogen-bond donors (Lipinski definition) is 1. The highest BCUT2D eigenvalue weighted by Gasteiger charge is 2.41. The van der Waals surface area contributed by atoms with Crippen LogP contribution < -0.4 is 5.32 Å². The lowest BCUT2D eigenvalue weighted by molar-refractivity contribution is -0.118. The van der Waals surface area contributed by atoms with Gasteiger partial charge in [-0.05, 0) is 70.1 Å². The number of rotatable bonds is 3. The highest BCUT2D eigenvalue weighted by molar-refractivity contribution is 7.99. The summed E-state index contributed by atoms with van der Waals surface area (Å²) in [6.07, 6.45) is 1.45. The van der Waals surface area contributed by atoms with E-state index in [1.807, 2.05) is 24.3 Å². The molecule has 0 radical (unpaired) electrons. The Hall–Kier alpha value is -3.01. The minimum Gasteiger partial charge on any atom is -0.373 e. The molecule has 4 heteroatoms. The second kappa shape index (κ2) is 8.58. The zero-order chi connectivity index (χ0) is 24.2. The summed E-state index contributed by atoms with van der Waals surface area (Å²) in [5.41, 5.74) is 5.49. The summed E-state index contributed by atoms with van der Waals surface area (Å²) >= 11 is 7.82. The minimum absolute atomic E-state index is 0.0659. The van der Waals surface area contributed by atoms with Gasteiger partial charge in [0.25, 0.3) is 0 Å². The van der Waals surface area contributed by atoms with Gasteiger partial charge in [0.2, 0.25) is 0 Å². The van der Waals surface area contributed by atoms with Crippen molar-refractivity contribution in [3.05, 3.63) is 107 Å². The van der Waals surface area contributed by atoms with Gasteiger partial charge in [0.1, 0.15) is 0 Å². The molecule has 0 aromatic heterocycles. The zero-order valence-corrected chi connectivity index (χ0v) is 21.3. The lowest BCUT2D eigenvalue weighted by Gasteiger charge is -2.40. The van der Waals surface area contributed by atoms with E-state index in [9.17, 15) is 4.79 Å². The van der Waals surface area contributed by atoms with Crippen LogP contribution in [0.4, 0.5) is 5.69 Å². The van der Waals surface area contributed by atoms with E-state index in [1.54, 1.807) is 11.8 Å². The second-order valence-electron chi connectivity index (χ2n) is 10.2. The van der Waals surface area contributed by atoms with Crippen molar-refractivity contribution in [1.82, 2.24) is 0 Å². The SMILES string of the molecule is CC1(C)CC(=O)C2=C(C1)c1c(ccc3ccccc13)NC2c1ccccc1Sc1ccc(Cl)cc1. The first-order valence-electron chi connectivity index (χ1n) is 12.0. The molecule has 6 rings (SSSR count). The van der Waals surface area contributed by atoms with Crippen molar-refractivity contribution in [2.75, 3.05) is 5.32 Å². The molecule has 0 fully saturated rings. The third kappa shape index (κ3) is 4.07. The minimum atomic E-state index is -0.182. The molecule has 0 saturated carbocycles. The van der Waals surface area contributed by atoms with Crippen molar-refractivity contribution in [3.8, 4) is 0 Å². The molecule has 0 bridgehead atoms. The van der Waals surface area contributed by atoms with Crippen LogP contribution in [0.2, 0.25) is 5.02 Å². The first-order chi connectivity index (χ1) is 16.9. The molecule has 0 saturated heterocycles. The summed E-state index contributed by atoms with van der Waals surface area (Å²) in [5, 5.41) is 6.92. The summed E-state index contributed by atoms with van der Waals surface area (Å²) in [4.78, 5) is 16.0. The monoisotopic (exact) mass is 495 g/mol. The molecule has 0 spiro atoms. The third-order valence-corrected chi connectivity index (χ3v) is 8.36. The molecular formula is C31H26ClNOS. The highest BCUT2D eigenvalue weighted by atomic mass is 35.5. The number of ketones is 1. The molecule has 1 heterocycles. The number of benzene rings is 4. The number of carbonyl (C=O) groups excluding carboxylic acids is 1. The predicted molar refractivity (Wildman–Crippen MR) is 147 cm³/mol. The van der Waals surface area contributed by atoms with E-state index in [4.69, 9.17) is 11.6 Å². The molecule has 1 aliphatic heterocycles. The quantitative estimate of drug-likeness (QED) is 0.307. The zero-order valence-electron chi connectivity index (χ0n) is 19.8. The standard InChI is InChI=1S/C31H26ClNOS/c1-31(2)17-24-28-22-8-4-3-7-19(22)11-16-25(28)33-30(29(24)26(34)18-31)23-9-5-6-10-27(23)35-21-14-12-20(32)13-15-21/h3-16,30,33H,17-18H2,1-2H3. The molecule has 2 aliphatic rings. The van der Waals surface area contributed by atoms with E-state index in [1.165, 1.54) is 21.9 Å². The number of allylic oxidation sites excluding steroid dienone is 1. The lowest BCUT2D eigenvalue weighted by Crippen LogP contribution is -2.33. The Morgan fingerprint density at radius 2 is 1.63 bits per heavy atom. The van der Waals surface area contributed by atoms with Gasteiger partial charge in [-0.3, -0.25) is 4.79 Å². The van der Waals surface area contributed by atoms with E-state index in [-0.39, 0.29) is 17.2 Å². The smallest absolute Gasteiger partial charge is 0.162 e. The molecule has 1 atom stereocenters. The lowest BCUT2D eigenvalue weighted by atomic mass is 9.68. The fourth-order valence-corrected chi connectivity index (χ4v) is 6.61. The molecule has 1 unspecified atom stereocenters. The highest BCUT2D eigenvalue weighted by Crippen LogP contribution is 2.53. The van der Waals surface area contributed by atoms with Crippen LogP contribution in [0.15, 0.2) is 100 Å². The van der Waals surface area contributed by atoms with E-state index in [0.29, 0.717) is 6.42 Å². The number of fused-ring (bicyclic) bond motifs is 4. The Kier molecular flexibility index (Phi) is 5.51. The molecule has 35 heavy (non-hydrogen) atoms. The number of hydrogen-bond acceptors (Lipinski definition) is 3. The Labute approximate surface area is 215 Å². The van der Waals surface area contributed by atoms with E-state index in [2.05, 4.69) is 79.8 Å². The maximum absolute atomic E-state index is 13.8. The van der Waals surface area contributed by atoms with Gasteiger partial charge in [0, 0.05) is 38.1 Å². The van der Waals surface area contributed by atoms with Crippen molar-refractivity contribution in [3.63, 3.8) is 0 Å². The number of nitrogens with one attached hydrogen (secondary N) is 1. The van der Waals surface area contributed by atoms with Crippen LogP contribution in [0.3, 0.4) is 0 Å². The fraction of sp³-hybridized carbons (Fsp3) is 0.194. The average molecular weight is 496 g/mol. The Morgan fingerprint density at radius 3 is 2.46 bits per heavy atom. The number of Topliss-reactive ketones (excluding diaryl/α,β-unsaturated/α-hetero) is 1.